The lowest BCUT2D eigenvalue weighted by atomic mass is 9.91. The number of piperidine rings is 1. The predicted octanol–water partition coefficient (Wildman–Crippen LogP) is 1.60. The molecule has 0 saturated carbocycles. The van der Waals surface area contributed by atoms with Gasteiger partial charge >= 0.3 is 5.97 Å². The standard InChI is InChI=1S/C13H23NO3/c1-9-5-10(2)7-14(6-9)8-11-3-4-12(17-11)13(15)16/h9-12H,3-8H2,1-2H3,(H,15,16). The van der Waals surface area contributed by atoms with Crippen LogP contribution in [0.25, 0.3) is 0 Å². The number of rotatable bonds is 3. The third-order valence-electron chi connectivity index (χ3n) is 3.79. The molecule has 4 unspecified atom stereocenters. The molecule has 0 aromatic carbocycles. The van der Waals surface area contributed by atoms with Crippen LogP contribution >= 0.6 is 0 Å². The molecule has 2 saturated heterocycles. The highest BCUT2D eigenvalue weighted by Gasteiger charge is 2.32. The van der Waals surface area contributed by atoms with Gasteiger partial charge in [-0.05, 0) is 31.1 Å². The first-order valence-electron chi connectivity index (χ1n) is 6.65. The summed E-state index contributed by atoms with van der Waals surface area (Å²) in [7, 11) is 0. The van der Waals surface area contributed by atoms with Gasteiger partial charge in [-0.25, -0.2) is 4.79 Å². The lowest BCUT2D eigenvalue weighted by Crippen LogP contribution is -2.42. The number of hydrogen-bond donors (Lipinski definition) is 1. The van der Waals surface area contributed by atoms with Gasteiger partial charge in [-0.1, -0.05) is 13.8 Å². The zero-order valence-electron chi connectivity index (χ0n) is 10.8. The molecule has 2 aliphatic rings. The summed E-state index contributed by atoms with van der Waals surface area (Å²) in [6.07, 6.45) is 2.41. The summed E-state index contributed by atoms with van der Waals surface area (Å²) in [5.41, 5.74) is 0. The number of likely N-dealkylation sites (tertiary alicyclic amines) is 1. The first-order chi connectivity index (χ1) is 8.04. The van der Waals surface area contributed by atoms with Gasteiger partial charge in [0.25, 0.3) is 0 Å². The van der Waals surface area contributed by atoms with E-state index in [2.05, 4.69) is 18.7 Å². The highest BCUT2D eigenvalue weighted by Crippen LogP contribution is 2.25. The van der Waals surface area contributed by atoms with Crippen LogP contribution < -0.4 is 0 Å². The van der Waals surface area contributed by atoms with Crippen molar-refractivity contribution in [2.45, 2.75) is 45.3 Å². The second-order valence-electron chi connectivity index (χ2n) is 5.83. The van der Waals surface area contributed by atoms with Gasteiger partial charge in [0.1, 0.15) is 0 Å². The number of carboxylic acids is 1. The maximum atomic E-state index is 10.8. The fourth-order valence-electron chi connectivity index (χ4n) is 3.25. The minimum absolute atomic E-state index is 0.119. The first kappa shape index (κ1) is 12.8. The molecule has 4 nitrogen and oxygen atoms in total. The third kappa shape index (κ3) is 3.42. The molecule has 2 aliphatic heterocycles. The van der Waals surface area contributed by atoms with Crippen molar-refractivity contribution in [3.63, 3.8) is 0 Å². The van der Waals surface area contributed by atoms with Crippen LogP contribution in [0.2, 0.25) is 0 Å². The van der Waals surface area contributed by atoms with Crippen LogP contribution in [0.1, 0.15) is 33.1 Å². The zero-order valence-corrected chi connectivity index (χ0v) is 10.8. The SMILES string of the molecule is CC1CC(C)CN(CC2CCC(C(=O)O)O2)C1. The minimum Gasteiger partial charge on any atom is -0.479 e. The van der Waals surface area contributed by atoms with Gasteiger partial charge in [0.05, 0.1) is 6.10 Å². The molecule has 1 N–H and O–H groups in total. The van der Waals surface area contributed by atoms with E-state index in [0.29, 0.717) is 6.42 Å². The van der Waals surface area contributed by atoms with E-state index >= 15 is 0 Å². The Balaban J connectivity index is 1.79. The molecule has 2 rings (SSSR count). The fourth-order valence-corrected chi connectivity index (χ4v) is 3.25. The van der Waals surface area contributed by atoms with Crippen LogP contribution in [-0.2, 0) is 9.53 Å². The van der Waals surface area contributed by atoms with Gasteiger partial charge in [0.15, 0.2) is 6.10 Å². The van der Waals surface area contributed by atoms with E-state index < -0.39 is 12.1 Å². The summed E-state index contributed by atoms with van der Waals surface area (Å²) < 4.78 is 5.55. The van der Waals surface area contributed by atoms with Crippen molar-refractivity contribution < 1.29 is 14.6 Å². The van der Waals surface area contributed by atoms with Crippen LogP contribution in [0.15, 0.2) is 0 Å². The van der Waals surface area contributed by atoms with Gasteiger partial charge in [-0.15, -0.1) is 0 Å². The Morgan fingerprint density at radius 2 is 1.94 bits per heavy atom. The Kier molecular flexibility index (Phi) is 4.05. The molecule has 0 radical (unpaired) electrons. The predicted molar refractivity (Wildman–Crippen MR) is 64.9 cm³/mol. The van der Waals surface area contributed by atoms with E-state index in [9.17, 15) is 4.79 Å². The van der Waals surface area contributed by atoms with E-state index in [0.717, 1.165) is 37.9 Å². The van der Waals surface area contributed by atoms with Crippen molar-refractivity contribution in [2.24, 2.45) is 11.8 Å². The van der Waals surface area contributed by atoms with Gasteiger partial charge in [-0.3, -0.25) is 0 Å². The van der Waals surface area contributed by atoms with Gasteiger partial charge in [-0.2, -0.15) is 0 Å². The highest BCUT2D eigenvalue weighted by atomic mass is 16.5. The molecule has 0 amide bonds. The molecule has 0 bridgehead atoms. The van der Waals surface area contributed by atoms with Crippen molar-refractivity contribution in [3.8, 4) is 0 Å². The zero-order chi connectivity index (χ0) is 12.4. The molecule has 0 aromatic rings. The Morgan fingerprint density at radius 3 is 2.47 bits per heavy atom. The highest BCUT2D eigenvalue weighted by molar-refractivity contribution is 5.72. The van der Waals surface area contributed by atoms with Crippen LogP contribution in [0.4, 0.5) is 0 Å². The maximum Gasteiger partial charge on any atom is 0.332 e. The average Bonchev–Trinajstić information content (AvgIpc) is 2.64. The van der Waals surface area contributed by atoms with E-state index in [1.54, 1.807) is 0 Å². The smallest absolute Gasteiger partial charge is 0.332 e. The molecule has 0 aromatic heterocycles. The number of aliphatic carboxylic acids is 1. The number of nitrogens with zero attached hydrogens (tertiary/aromatic N) is 1. The second kappa shape index (κ2) is 5.36. The minimum atomic E-state index is -0.812. The van der Waals surface area contributed by atoms with Crippen molar-refractivity contribution in [2.75, 3.05) is 19.6 Å². The third-order valence-corrected chi connectivity index (χ3v) is 3.79. The summed E-state index contributed by atoms with van der Waals surface area (Å²) in [4.78, 5) is 13.2. The first-order valence-corrected chi connectivity index (χ1v) is 6.65. The Bertz CT molecular complexity index is 272. The van der Waals surface area contributed by atoms with Gasteiger partial charge in [0.2, 0.25) is 0 Å². The van der Waals surface area contributed by atoms with Crippen LogP contribution in [-0.4, -0.2) is 47.8 Å². The van der Waals surface area contributed by atoms with E-state index in [4.69, 9.17) is 9.84 Å². The summed E-state index contributed by atoms with van der Waals surface area (Å²) in [6.45, 7) is 7.73. The fraction of sp³-hybridized carbons (Fsp3) is 0.923. The normalized spacial score (nSPS) is 39.4. The van der Waals surface area contributed by atoms with Crippen molar-refractivity contribution in [1.29, 1.82) is 0 Å². The Hall–Kier alpha value is -0.610. The Labute approximate surface area is 103 Å². The quantitative estimate of drug-likeness (QED) is 0.815. The van der Waals surface area contributed by atoms with E-state index in [-0.39, 0.29) is 6.10 Å². The Morgan fingerprint density at radius 1 is 1.29 bits per heavy atom. The molecule has 0 spiro atoms. The molecule has 98 valence electrons. The monoisotopic (exact) mass is 241 g/mol. The second-order valence-corrected chi connectivity index (χ2v) is 5.83. The molecule has 2 fully saturated rings. The molecule has 0 aliphatic carbocycles. The number of ether oxygens (including phenoxy) is 1. The topological polar surface area (TPSA) is 49.8 Å². The maximum absolute atomic E-state index is 10.8. The average molecular weight is 241 g/mol. The van der Waals surface area contributed by atoms with Crippen LogP contribution in [0, 0.1) is 11.8 Å². The summed E-state index contributed by atoms with van der Waals surface area (Å²) in [5.74, 6) is 0.679. The molecule has 17 heavy (non-hydrogen) atoms. The molecule has 4 atom stereocenters. The number of carbonyl (C=O) groups is 1. The van der Waals surface area contributed by atoms with E-state index in [1.165, 1.54) is 6.42 Å². The number of carboxylic acid groups (broad SMARTS) is 1. The molecular formula is C13H23NO3. The largest absolute Gasteiger partial charge is 0.479 e. The molecular weight excluding hydrogens is 218 g/mol. The van der Waals surface area contributed by atoms with Crippen molar-refractivity contribution in [1.82, 2.24) is 4.90 Å². The number of hydrogen-bond acceptors (Lipinski definition) is 3. The lowest BCUT2D eigenvalue weighted by Gasteiger charge is -2.36. The van der Waals surface area contributed by atoms with Gasteiger partial charge < -0.3 is 14.7 Å². The summed E-state index contributed by atoms with van der Waals surface area (Å²) in [6, 6.07) is 0. The summed E-state index contributed by atoms with van der Waals surface area (Å²) >= 11 is 0. The lowest BCUT2D eigenvalue weighted by molar-refractivity contribution is -0.149. The molecule has 4 heteroatoms. The van der Waals surface area contributed by atoms with Crippen molar-refractivity contribution in [3.05, 3.63) is 0 Å². The van der Waals surface area contributed by atoms with Crippen molar-refractivity contribution >= 4 is 5.97 Å². The molecule has 2 heterocycles. The van der Waals surface area contributed by atoms with Crippen LogP contribution in [0.5, 0.6) is 0 Å². The van der Waals surface area contributed by atoms with Crippen LogP contribution in [0.3, 0.4) is 0 Å². The van der Waals surface area contributed by atoms with Gasteiger partial charge in [0, 0.05) is 19.6 Å². The summed E-state index contributed by atoms with van der Waals surface area (Å²) in [5, 5.41) is 8.88. The van der Waals surface area contributed by atoms with E-state index in [1.807, 2.05) is 0 Å².